The average molecular weight is 653 g/mol. The van der Waals surface area contributed by atoms with E-state index in [4.69, 9.17) is 4.98 Å². The van der Waals surface area contributed by atoms with Gasteiger partial charge in [0.1, 0.15) is 0 Å². The van der Waals surface area contributed by atoms with Gasteiger partial charge in [0.25, 0.3) is 0 Å². The van der Waals surface area contributed by atoms with Crippen molar-refractivity contribution >= 4 is 0 Å². The van der Waals surface area contributed by atoms with Crippen LogP contribution in [0, 0.1) is 18.2 Å². The molecule has 0 saturated heterocycles. The molecule has 0 radical (unpaired) electrons. The minimum Gasteiger partial charge on any atom is -0.335 e. The Hall–Kier alpha value is -4.24. The fraction of sp³-hybridized carbons (Fsp3) is 0. The molecular weight excluding hydrogens is 631 g/mol. The molecule has 4 heteroatoms. The molecule has 0 N–H and O–H groups in total. The zero-order valence-corrected chi connectivity index (χ0v) is 22.3. The zero-order valence-electron chi connectivity index (χ0n) is 19.9. The standard InChI is InChI=1S/C22H14N2.C11H8N.Ir/c1-2-8-17(9-3-1)21-13-7-14-22(24-21)19-11-6-10-18(16-19)20-12-4-5-15-23-20;1-2-6-10(7-3-1)11-8-4-5-9-12-11;/h1-8,10-15H;1-6,8-9H;/q-2;-1;+3. The van der Waals surface area contributed by atoms with Crippen LogP contribution < -0.4 is 0 Å². The Bertz CT molecular complexity index is 1390. The van der Waals surface area contributed by atoms with Crippen molar-refractivity contribution in [1.29, 1.82) is 0 Å². The Kier molecular flexibility index (Phi) is 9.20. The van der Waals surface area contributed by atoms with Gasteiger partial charge in [0.05, 0.1) is 0 Å². The van der Waals surface area contributed by atoms with Gasteiger partial charge in [-0.3, -0.25) is 4.98 Å². The van der Waals surface area contributed by atoms with Crippen molar-refractivity contribution in [3.05, 3.63) is 152 Å². The first kappa shape index (κ1) is 25.8. The van der Waals surface area contributed by atoms with E-state index in [1.807, 2.05) is 121 Å². The summed E-state index contributed by atoms with van der Waals surface area (Å²) >= 11 is 0. The predicted octanol–water partition coefficient (Wildman–Crippen LogP) is 7.62. The number of nitrogens with zero attached hydrogens (tertiary/aromatic N) is 3. The fourth-order valence-electron chi connectivity index (χ4n) is 3.65. The van der Waals surface area contributed by atoms with E-state index in [0.717, 1.165) is 45.0 Å². The second kappa shape index (κ2) is 13.2. The van der Waals surface area contributed by atoms with E-state index >= 15 is 0 Å². The van der Waals surface area contributed by atoms with Crippen LogP contribution in [0.25, 0.3) is 45.0 Å². The molecule has 6 rings (SSSR count). The van der Waals surface area contributed by atoms with Crippen molar-refractivity contribution in [2.45, 2.75) is 0 Å². The van der Waals surface area contributed by atoms with Gasteiger partial charge in [-0.25, -0.2) is 0 Å². The summed E-state index contributed by atoms with van der Waals surface area (Å²) in [5.41, 5.74) is 7.62. The Morgan fingerprint density at radius 2 is 0.838 bits per heavy atom. The Labute approximate surface area is 231 Å². The van der Waals surface area contributed by atoms with E-state index in [2.05, 4.69) is 28.2 Å². The van der Waals surface area contributed by atoms with E-state index in [9.17, 15) is 0 Å². The Morgan fingerprint density at radius 1 is 0.405 bits per heavy atom. The van der Waals surface area contributed by atoms with Crippen molar-refractivity contribution in [2.24, 2.45) is 0 Å². The van der Waals surface area contributed by atoms with Gasteiger partial charge in [-0.05, 0) is 29.2 Å². The SMILES string of the molecule is [Ir+3].[c-]1ccccc1-c1cccc(-c2[c-]c(-c3ccccn3)ccc2)n1.[c-]1ccccc1-c1ccccn1. The number of benzene rings is 3. The van der Waals surface area contributed by atoms with E-state index < -0.39 is 0 Å². The Morgan fingerprint density at radius 3 is 1.38 bits per heavy atom. The molecule has 3 heterocycles. The topological polar surface area (TPSA) is 38.7 Å². The summed E-state index contributed by atoms with van der Waals surface area (Å²) in [5, 5.41) is 0. The molecule has 0 spiro atoms. The fourth-order valence-corrected chi connectivity index (χ4v) is 3.65. The molecule has 3 aromatic carbocycles. The molecule has 0 amide bonds. The predicted molar refractivity (Wildman–Crippen MR) is 145 cm³/mol. The molecule has 0 unspecified atom stereocenters. The first-order valence-corrected chi connectivity index (χ1v) is 11.6. The molecule has 3 aromatic heterocycles. The summed E-state index contributed by atoms with van der Waals surface area (Å²) in [6.07, 6.45) is 3.58. The largest absolute Gasteiger partial charge is 3.00 e. The second-order valence-corrected chi connectivity index (χ2v) is 7.87. The second-order valence-electron chi connectivity index (χ2n) is 7.87. The summed E-state index contributed by atoms with van der Waals surface area (Å²) in [6, 6.07) is 49.3. The van der Waals surface area contributed by atoms with Gasteiger partial charge in [-0.15, -0.1) is 96.1 Å². The van der Waals surface area contributed by atoms with E-state index in [1.54, 1.807) is 12.4 Å². The van der Waals surface area contributed by atoms with Crippen molar-refractivity contribution in [1.82, 2.24) is 15.0 Å². The molecule has 0 atom stereocenters. The van der Waals surface area contributed by atoms with Gasteiger partial charge in [0, 0.05) is 18.1 Å². The third-order valence-electron chi connectivity index (χ3n) is 5.40. The van der Waals surface area contributed by atoms with Gasteiger partial charge >= 0.3 is 20.1 Å². The monoisotopic (exact) mass is 653 g/mol. The number of aromatic nitrogens is 3. The van der Waals surface area contributed by atoms with Gasteiger partial charge in [-0.2, -0.15) is 0 Å². The number of rotatable bonds is 4. The molecule has 0 saturated carbocycles. The van der Waals surface area contributed by atoms with Crippen LogP contribution in [-0.2, 0) is 20.1 Å². The van der Waals surface area contributed by atoms with Crippen LogP contribution in [0.15, 0.2) is 134 Å². The van der Waals surface area contributed by atoms with Gasteiger partial charge in [-0.1, -0.05) is 53.6 Å². The summed E-state index contributed by atoms with van der Waals surface area (Å²) in [6.45, 7) is 0. The molecule has 0 aliphatic rings. The first-order chi connectivity index (χ1) is 17.9. The van der Waals surface area contributed by atoms with Crippen molar-refractivity contribution in [3.63, 3.8) is 0 Å². The third kappa shape index (κ3) is 6.92. The molecule has 0 bridgehead atoms. The molecule has 0 aliphatic carbocycles. The Balaban J connectivity index is 0.000000208. The summed E-state index contributed by atoms with van der Waals surface area (Å²) < 4.78 is 0. The maximum Gasteiger partial charge on any atom is 3.00 e. The normalized spacial score (nSPS) is 9.95. The van der Waals surface area contributed by atoms with Crippen molar-refractivity contribution in [2.75, 3.05) is 0 Å². The zero-order chi connectivity index (χ0) is 24.4. The van der Waals surface area contributed by atoms with Crippen LogP contribution in [0.3, 0.4) is 0 Å². The molecule has 0 aliphatic heterocycles. The summed E-state index contributed by atoms with van der Waals surface area (Å²) in [7, 11) is 0. The van der Waals surface area contributed by atoms with Gasteiger partial charge in [0.2, 0.25) is 0 Å². The van der Waals surface area contributed by atoms with Crippen LogP contribution in [0.5, 0.6) is 0 Å². The quantitative estimate of drug-likeness (QED) is 0.184. The van der Waals surface area contributed by atoms with Crippen LogP contribution in [0.1, 0.15) is 0 Å². The maximum absolute atomic E-state index is 4.77. The molecule has 37 heavy (non-hydrogen) atoms. The van der Waals surface area contributed by atoms with Crippen LogP contribution in [-0.4, -0.2) is 15.0 Å². The van der Waals surface area contributed by atoms with Crippen LogP contribution in [0.4, 0.5) is 0 Å². The first-order valence-electron chi connectivity index (χ1n) is 11.6. The summed E-state index contributed by atoms with van der Waals surface area (Å²) in [5.74, 6) is 0. The van der Waals surface area contributed by atoms with Gasteiger partial charge < -0.3 is 9.97 Å². The number of hydrogen-bond acceptors (Lipinski definition) is 3. The molecule has 6 aromatic rings. The van der Waals surface area contributed by atoms with Crippen molar-refractivity contribution < 1.29 is 20.1 Å². The third-order valence-corrected chi connectivity index (χ3v) is 5.40. The van der Waals surface area contributed by atoms with E-state index in [0.29, 0.717) is 0 Å². The molecule has 178 valence electrons. The van der Waals surface area contributed by atoms with Crippen molar-refractivity contribution in [3.8, 4) is 45.0 Å². The minimum absolute atomic E-state index is 0. The smallest absolute Gasteiger partial charge is 0.335 e. The van der Waals surface area contributed by atoms with E-state index in [1.165, 1.54) is 0 Å². The van der Waals surface area contributed by atoms with Crippen LogP contribution in [0.2, 0.25) is 0 Å². The number of pyridine rings is 3. The van der Waals surface area contributed by atoms with Gasteiger partial charge in [0.15, 0.2) is 0 Å². The number of hydrogen-bond donors (Lipinski definition) is 0. The molecule has 3 nitrogen and oxygen atoms in total. The maximum atomic E-state index is 4.77. The summed E-state index contributed by atoms with van der Waals surface area (Å²) in [4.78, 5) is 13.4. The molecule has 0 fully saturated rings. The minimum atomic E-state index is 0. The molecular formula is C33H22IrN3. The van der Waals surface area contributed by atoms with E-state index in [-0.39, 0.29) is 20.1 Å². The van der Waals surface area contributed by atoms with Crippen LogP contribution >= 0.6 is 0 Å². The average Bonchev–Trinajstić information content (AvgIpc) is 2.99.